The van der Waals surface area contributed by atoms with Gasteiger partial charge in [-0.05, 0) is 11.5 Å². The fourth-order valence-corrected chi connectivity index (χ4v) is 2.73. The van der Waals surface area contributed by atoms with Crippen LogP contribution in [-0.4, -0.2) is 11.6 Å². The normalized spacial score (nSPS) is 14.7. The van der Waals surface area contributed by atoms with Crippen molar-refractivity contribution in [1.29, 1.82) is 0 Å². The van der Waals surface area contributed by atoms with Crippen molar-refractivity contribution in [3.05, 3.63) is 35.0 Å². The van der Waals surface area contributed by atoms with Crippen molar-refractivity contribution in [3.63, 3.8) is 0 Å². The standard InChI is InChI=1S/C15H19N3O/c1-9(2)10-4-3-5-11-14(10)17-13-6-7-19-8-12(13)15(11)18-16/h3-5,9H,6-8,16H2,1-2H3,(H,17,18). The number of nitrogens with two attached hydrogens (primary N) is 1. The van der Waals surface area contributed by atoms with E-state index in [1.165, 1.54) is 5.56 Å². The minimum absolute atomic E-state index is 0.444. The van der Waals surface area contributed by atoms with Gasteiger partial charge in [0.1, 0.15) is 0 Å². The smallest absolute Gasteiger partial charge is 0.0761 e. The summed E-state index contributed by atoms with van der Waals surface area (Å²) >= 11 is 0. The van der Waals surface area contributed by atoms with Gasteiger partial charge in [0.05, 0.1) is 30.1 Å². The molecule has 4 heteroatoms. The lowest BCUT2D eigenvalue weighted by Gasteiger charge is -2.22. The van der Waals surface area contributed by atoms with Crippen LogP contribution in [-0.2, 0) is 17.8 Å². The monoisotopic (exact) mass is 257 g/mol. The molecule has 0 saturated heterocycles. The third-order valence-corrected chi connectivity index (χ3v) is 3.73. The highest BCUT2D eigenvalue weighted by Crippen LogP contribution is 2.34. The first-order valence-corrected chi connectivity index (χ1v) is 6.71. The third kappa shape index (κ3) is 1.97. The van der Waals surface area contributed by atoms with Crippen LogP contribution in [0.4, 0.5) is 5.69 Å². The zero-order valence-corrected chi connectivity index (χ0v) is 11.4. The van der Waals surface area contributed by atoms with Crippen molar-refractivity contribution in [2.45, 2.75) is 32.8 Å². The van der Waals surface area contributed by atoms with E-state index in [0.29, 0.717) is 12.5 Å². The first kappa shape index (κ1) is 12.4. The van der Waals surface area contributed by atoms with Crippen LogP contribution >= 0.6 is 0 Å². The van der Waals surface area contributed by atoms with E-state index in [0.717, 1.165) is 40.9 Å². The zero-order valence-electron chi connectivity index (χ0n) is 11.4. The minimum Gasteiger partial charge on any atom is -0.376 e. The number of para-hydroxylation sites is 1. The van der Waals surface area contributed by atoms with Gasteiger partial charge in [-0.15, -0.1) is 0 Å². The van der Waals surface area contributed by atoms with Crippen LogP contribution < -0.4 is 11.3 Å². The topological polar surface area (TPSA) is 60.2 Å². The van der Waals surface area contributed by atoms with Crippen molar-refractivity contribution >= 4 is 16.6 Å². The van der Waals surface area contributed by atoms with E-state index in [1.54, 1.807) is 0 Å². The van der Waals surface area contributed by atoms with E-state index < -0.39 is 0 Å². The Balaban J connectivity index is 2.36. The molecule has 0 aliphatic carbocycles. The molecule has 1 aliphatic rings. The highest BCUT2D eigenvalue weighted by atomic mass is 16.5. The summed E-state index contributed by atoms with van der Waals surface area (Å²) in [6.07, 6.45) is 0.854. The number of pyridine rings is 1. The van der Waals surface area contributed by atoms with Crippen molar-refractivity contribution in [2.24, 2.45) is 5.84 Å². The van der Waals surface area contributed by atoms with E-state index in [2.05, 4.69) is 37.5 Å². The SMILES string of the molecule is CC(C)c1cccc2c(NN)c3c(nc12)CCOC3. The quantitative estimate of drug-likeness (QED) is 0.641. The molecule has 1 aromatic carbocycles. The molecule has 2 aromatic rings. The molecule has 0 fully saturated rings. The van der Waals surface area contributed by atoms with E-state index in [9.17, 15) is 0 Å². The van der Waals surface area contributed by atoms with Crippen molar-refractivity contribution in [2.75, 3.05) is 12.0 Å². The molecule has 0 radical (unpaired) electrons. The molecule has 0 atom stereocenters. The molecule has 0 unspecified atom stereocenters. The summed E-state index contributed by atoms with van der Waals surface area (Å²) < 4.78 is 5.53. The van der Waals surface area contributed by atoms with E-state index >= 15 is 0 Å². The van der Waals surface area contributed by atoms with Crippen LogP contribution in [0.2, 0.25) is 0 Å². The molecule has 4 nitrogen and oxygen atoms in total. The summed E-state index contributed by atoms with van der Waals surface area (Å²) in [5.41, 5.74) is 8.34. The molecular formula is C15H19N3O. The Morgan fingerprint density at radius 3 is 2.95 bits per heavy atom. The van der Waals surface area contributed by atoms with Crippen molar-refractivity contribution < 1.29 is 4.74 Å². The molecule has 2 heterocycles. The van der Waals surface area contributed by atoms with Gasteiger partial charge in [-0.1, -0.05) is 32.0 Å². The second-order valence-corrected chi connectivity index (χ2v) is 5.26. The fraction of sp³-hybridized carbons (Fsp3) is 0.400. The van der Waals surface area contributed by atoms with Crippen LogP contribution in [0.15, 0.2) is 18.2 Å². The van der Waals surface area contributed by atoms with Gasteiger partial charge in [0.15, 0.2) is 0 Å². The first-order chi connectivity index (χ1) is 9.22. The Hall–Kier alpha value is -1.65. The number of nitrogen functional groups attached to an aromatic ring is 1. The lowest BCUT2D eigenvalue weighted by atomic mass is 9.96. The number of anilines is 1. The van der Waals surface area contributed by atoms with Crippen LogP contribution in [0.1, 0.15) is 36.6 Å². The molecule has 1 aromatic heterocycles. The Bertz CT molecular complexity index is 622. The van der Waals surface area contributed by atoms with Gasteiger partial charge in [0.25, 0.3) is 0 Å². The number of aromatic nitrogens is 1. The predicted octanol–water partition coefficient (Wildman–Crippen LogP) is 2.72. The average Bonchev–Trinajstić information content (AvgIpc) is 2.43. The molecule has 3 N–H and O–H groups in total. The number of nitrogens with zero attached hydrogens (tertiary/aromatic N) is 1. The Kier molecular flexibility index (Phi) is 3.12. The van der Waals surface area contributed by atoms with Crippen LogP contribution in [0.25, 0.3) is 10.9 Å². The molecule has 3 rings (SSSR count). The number of hydrazine groups is 1. The molecule has 1 aliphatic heterocycles. The number of hydrogen-bond acceptors (Lipinski definition) is 4. The largest absolute Gasteiger partial charge is 0.376 e. The zero-order chi connectivity index (χ0) is 13.4. The molecule has 19 heavy (non-hydrogen) atoms. The summed E-state index contributed by atoms with van der Waals surface area (Å²) in [6, 6.07) is 6.28. The van der Waals surface area contributed by atoms with Crippen LogP contribution in [0.3, 0.4) is 0 Å². The third-order valence-electron chi connectivity index (χ3n) is 3.73. The van der Waals surface area contributed by atoms with Crippen molar-refractivity contribution in [3.8, 4) is 0 Å². The molecule has 0 spiro atoms. The molecule has 0 amide bonds. The molecule has 100 valence electrons. The summed E-state index contributed by atoms with van der Waals surface area (Å²) in [6.45, 7) is 5.70. The predicted molar refractivity (Wildman–Crippen MR) is 77.0 cm³/mol. The lowest BCUT2D eigenvalue weighted by Crippen LogP contribution is -2.18. The van der Waals surface area contributed by atoms with Gasteiger partial charge in [-0.25, -0.2) is 0 Å². The maximum absolute atomic E-state index is 5.73. The van der Waals surface area contributed by atoms with Gasteiger partial charge >= 0.3 is 0 Å². The average molecular weight is 257 g/mol. The first-order valence-electron chi connectivity index (χ1n) is 6.71. The fourth-order valence-electron chi connectivity index (χ4n) is 2.73. The maximum atomic E-state index is 5.73. The maximum Gasteiger partial charge on any atom is 0.0761 e. The van der Waals surface area contributed by atoms with Gasteiger partial charge in [-0.3, -0.25) is 10.8 Å². The Morgan fingerprint density at radius 2 is 2.21 bits per heavy atom. The number of fused-ring (bicyclic) bond motifs is 2. The van der Waals surface area contributed by atoms with Crippen LogP contribution in [0.5, 0.6) is 0 Å². The van der Waals surface area contributed by atoms with Gasteiger partial charge < -0.3 is 10.2 Å². The van der Waals surface area contributed by atoms with Crippen LogP contribution in [0, 0.1) is 0 Å². The Labute approximate surface area is 112 Å². The molecule has 0 saturated carbocycles. The summed E-state index contributed by atoms with van der Waals surface area (Å²) in [7, 11) is 0. The number of rotatable bonds is 2. The second-order valence-electron chi connectivity index (χ2n) is 5.26. The summed E-state index contributed by atoms with van der Waals surface area (Å²) in [5, 5.41) is 1.08. The van der Waals surface area contributed by atoms with Gasteiger partial charge in [0, 0.05) is 17.4 Å². The number of benzene rings is 1. The lowest BCUT2D eigenvalue weighted by molar-refractivity contribution is 0.110. The second kappa shape index (κ2) is 4.79. The minimum atomic E-state index is 0.444. The van der Waals surface area contributed by atoms with E-state index in [-0.39, 0.29) is 0 Å². The van der Waals surface area contributed by atoms with Gasteiger partial charge in [-0.2, -0.15) is 0 Å². The number of ether oxygens (including phenoxy) is 1. The molecular weight excluding hydrogens is 238 g/mol. The molecule has 0 bridgehead atoms. The Morgan fingerprint density at radius 1 is 1.37 bits per heavy atom. The number of nitrogens with one attached hydrogen (secondary N) is 1. The van der Waals surface area contributed by atoms with Crippen molar-refractivity contribution in [1.82, 2.24) is 4.98 Å². The summed E-state index contributed by atoms with van der Waals surface area (Å²) in [4.78, 5) is 4.87. The number of hydrogen-bond donors (Lipinski definition) is 2. The van der Waals surface area contributed by atoms with E-state index in [1.807, 2.05) is 0 Å². The highest BCUT2D eigenvalue weighted by Gasteiger charge is 2.19. The summed E-state index contributed by atoms with van der Waals surface area (Å²) in [5.74, 6) is 6.18. The van der Waals surface area contributed by atoms with E-state index in [4.69, 9.17) is 15.6 Å². The van der Waals surface area contributed by atoms with Gasteiger partial charge in [0.2, 0.25) is 0 Å². The highest BCUT2D eigenvalue weighted by molar-refractivity contribution is 5.95.